The molecule has 15 rings (SSSR count). The van der Waals surface area contributed by atoms with Gasteiger partial charge in [0.05, 0.1) is 10.8 Å². The minimum absolute atomic E-state index is 0.102. The van der Waals surface area contributed by atoms with Crippen LogP contribution < -0.4 is 0 Å². The summed E-state index contributed by atoms with van der Waals surface area (Å²) in [5.74, 6) is -0.441. The summed E-state index contributed by atoms with van der Waals surface area (Å²) >= 11 is 3.24. The van der Waals surface area contributed by atoms with Gasteiger partial charge in [0, 0.05) is 52.6 Å². The Morgan fingerprint density at radius 2 is 0.686 bits per heavy atom. The van der Waals surface area contributed by atoms with Crippen LogP contribution in [0.15, 0.2) is 216 Å². The van der Waals surface area contributed by atoms with Crippen molar-refractivity contribution in [3.63, 3.8) is 0 Å². The summed E-state index contributed by atoms with van der Waals surface area (Å²) in [6.07, 6.45) is 3.74. The predicted molar refractivity (Wildman–Crippen MR) is 345 cm³/mol. The Kier molecular flexibility index (Phi) is 11.7. The lowest BCUT2D eigenvalue weighted by Gasteiger charge is -2.36. The van der Waals surface area contributed by atoms with Gasteiger partial charge in [0.2, 0.25) is 0 Å². The van der Waals surface area contributed by atoms with Crippen LogP contribution in [0.25, 0.3) is 65.7 Å². The number of ketones is 2. The highest BCUT2D eigenvalue weighted by Crippen LogP contribution is 2.65. The number of allylic oxidation sites excluding steroid dienone is 6. The molecule has 0 radical (unpaired) electrons. The SMILES string of the molecule is Cc1ccc(C2(c3ccc(C)cc3)c3cc4c(cc3-c3ccc5cc(C=C6C(=O)c7ccccc7C6=C(C#N)C#N)sc5c32)C(c2ccc(C)cc2)(c2ccc(C)cc2)c2c-4ccc3cc(C=C4C(=O)c5ccccc5C4=C(C#N)C#N)sc23)cc1. The normalized spacial score (nSPS) is 15.4. The Hall–Kier alpha value is -10.8. The molecule has 402 valence electrons. The molecule has 0 saturated carbocycles. The summed E-state index contributed by atoms with van der Waals surface area (Å²) in [4.78, 5) is 30.4. The molecular weight excluding hydrogens is 1090 g/mol. The van der Waals surface area contributed by atoms with Gasteiger partial charge in [-0.2, -0.15) is 21.0 Å². The van der Waals surface area contributed by atoms with Crippen LogP contribution in [-0.2, 0) is 10.8 Å². The van der Waals surface area contributed by atoms with Crippen LogP contribution in [-0.4, -0.2) is 11.6 Å². The number of benzene rings is 9. The lowest BCUT2D eigenvalue weighted by Crippen LogP contribution is -2.30. The van der Waals surface area contributed by atoms with Crippen LogP contribution in [0.5, 0.6) is 0 Å². The van der Waals surface area contributed by atoms with E-state index < -0.39 is 10.8 Å². The van der Waals surface area contributed by atoms with Crippen LogP contribution in [0.2, 0.25) is 0 Å². The second kappa shape index (κ2) is 19.4. The quantitative estimate of drug-likeness (QED) is 0.120. The molecule has 2 heterocycles. The molecule has 86 heavy (non-hydrogen) atoms. The van der Waals surface area contributed by atoms with Crippen molar-refractivity contribution in [2.75, 3.05) is 0 Å². The number of nitriles is 4. The number of Topliss-reactive ketones (excluding diaryl/α,β-unsaturated/α-hetero) is 2. The Morgan fingerprint density at radius 1 is 0.372 bits per heavy atom. The average Bonchev–Trinajstić information content (AvgIpc) is 1.50. The molecule has 6 nitrogen and oxygen atoms in total. The molecule has 9 aromatic carbocycles. The van der Waals surface area contributed by atoms with E-state index in [1.54, 1.807) is 34.8 Å². The smallest absolute Gasteiger partial charge is 0.194 e. The zero-order valence-electron chi connectivity index (χ0n) is 47.1. The van der Waals surface area contributed by atoms with Gasteiger partial charge >= 0.3 is 0 Å². The van der Waals surface area contributed by atoms with E-state index in [4.69, 9.17) is 0 Å². The van der Waals surface area contributed by atoms with Gasteiger partial charge in [-0.25, -0.2) is 0 Å². The molecule has 0 atom stereocenters. The third-order valence-corrected chi connectivity index (χ3v) is 20.3. The van der Waals surface area contributed by atoms with Gasteiger partial charge in [-0.15, -0.1) is 22.7 Å². The zero-order valence-corrected chi connectivity index (χ0v) is 48.7. The van der Waals surface area contributed by atoms with Crippen molar-refractivity contribution < 1.29 is 9.59 Å². The summed E-state index contributed by atoms with van der Waals surface area (Å²) in [5, 5.41) is 43.1. The molecule has 0 aliphatic heterocycles. The number of carbonyl (C=O) groups is 2. The average molecular weight is 1140 g/mol. The Balaban J connectivity index is 1.04. The number of rotatable bonds is 6. The first-order valence-corrected chi connectivity index (χ1v) is 30.0. The molecule has 0 unspecified atom stereocenters. The van der Waals surface area contributed by atoms with Crippen LogP contribution >= 0.6 is 22.7 Å². The van der Waals surface area contributed by atoms with Crippen LogP contribution in [0.3, 0.4) is 0 Å². The number of thiophene rings is 2. The summed E-state index contributed by atoms with van der Waals surface area (Å²) in [6, 6.07) is 76.7. The van der Waals surface area contributed by atoms with E-state index in [9.17, 15) is 30.6 Å². The largest absolute Gasteiger partial charge is 0.289 e. The van der Waals surface area contributed by atoms with Gasteiger partial charge in [-0.1, -0.05) is 192 Å². The highest BCUT2D eigenvalue weighted by Gasteiger charge is 2.53. The number of nitrogens with zero attached hydrogens (tertiary/aromatic N) is 4. The van der Waals surface area contributed by atoms with E-state index in [1.165, 1.54) is 0 Å². The zero-order chi connectivity index (χ0) is 58.9. The minimum atomic E-state index is -0.872. The number of aryl methyl sites for hydroxylation is 4. The first kappa shape index (κ1) is 52.0. The van der Waals surface area contributed by atoms with Crippen molar-refractivity contribution in [1.82, 2.24) is 0 Å². The second-order valence-corrected chi connectivity index (χ2v) is 25.0. The molecule has 4 aliphatic carbocycles. The topological polar surface area (TPSA) is 129 Å². The monoisotopic (exact) mass is 1130 g/mol. The number of hydrogen-bond acceptors (Lipinski definition) is 8. The molecule has 0 fully saturated rings. The predicted octanol–water partition coefficient (Wildman–Crippen LogP) is 18.2. The molecule has 0 bridgehead atoms. The highest BCUT2D eigenvalue weighted by atomic mass is 32.1. The van der Waals surface area contributed by atoms with Gasteiger partial charge in [0.1, 0.15) is 35.4 Å². The summed E-state index contributed by atoms with van der Waals surface area (Å²) in [6.45, 7) is 8.48. The number of carbonyl (C=O) groups excluding carboxylic acids is 2. The van der Waals surface area contributed by atoms with E-state index in [2.05, 4.69) is 198 Å². The fourth-order valence-electron chi connectivity index (χ4n) is 14.2. The lowest BCUT2D eigenvalue weighted by atomic mass is 9.65. The molecule has 0 amide bonds. The van der Waals surface area contributed by atoms with Crippen molar-refractivity contribution in [2.24, 2.45) is 0 Å². The molecule has 2 aromatic heterocycles. The fourth-order valence-corrected chi connectivity index (χ4v) is 16.7. The van der Waals surface area contributed by atoms with Crippen LogP contribution in [0.4, 0.5) is 0 Å². The van der Waals surface area contributed by atoms with E-state index in [0.717, 1.165) is 119 Å². The molecule has 0 N–H and O–H groups in total. The van der Waals surface area contributed by atoms with Crippen molar-refractivity contribution in [3.05, 3.63) is 315 Å². The maximum Gasteiger partial charge on any atom is 0.194 e. The lowest BCUT2D eigenvalue weighted by molar-refractivity contribution is 0.103. The highest BCUT2D eigenvalue weighted by molar-refractivity contribution is 7.20. The number of fused-ring (bicyclic) bond motifs is 12. The van der Waals surface area contributed by atoms with Crippen molar-refractivity contribution in [2.45, 2.75) is 38.5 Å². The summed E-state index contributed by atoms with van der Waals surface area (Å²) in [5.41, 5.74) is 19.4. The molecule has 0 saturated heterocycles. The molecule has 0 spiro atoms. The van der Waals surface area contributed by atoms with Crippen LogP contribution in [0.1, 0.15) is 108 Å². The minimum Gasteiger partial charge on any atom is -0.289 e. The summed E-state index contributed by atoms with van der Waals surface area (Å²) < 4.78 is 2.12. The Labute approximate surface area is 505 Å². The molecule has 8 heteroatoms. The Bertz CT molecular complexity index is 4750. The van der Waals surface area contributed by atoms with Crippen molar-refractivity contribution in [3.8, 4) is 46.5 Å². The molecular formula is C78H46N4O2S2. The molecule has 4 aliphatic rings. The maximum absolute atomic E-state index is 14.4. The van der Waals surface area contributed by atoms with Gasteiger partial charge in [-0.3, -0.25) is 9.59 Å². The van der Waals surface area contributed by atoms with Gasteiger partial charge in [-0.05, 0) is 153 Å². The van der Waals surface area contributed by atoms with Gasteiger partial charge < -0.3 is 0 Å². The van der Waals surface area contributed by atoms with Crippen LogP contribution in [0, 0.1) is 73.0 Å². The van der Waals surface area contributed by atoms with E-state index >= 15 is 0 Å². The second-order valence-electron chi connectivity index (χ2n) is 22.8. The third kappa shape index (κ3) is 7.25. The maximum atomic E-state index is 14.4. The van der Waals surface area contributed by atoms with E-state index in [0.29, 0.717) is 44.5 Å². The third-order valence-electron chi connectivity index (χ3n) is 18.1. The summed E-state index contributed by atoms with van der Waals surface area (Å²) in [7, 11) is 0. The Morgan fingerprint density at radius 3 is 1.00 bits per heavy atom. The van der Waals surface area contributed by atoms with Crippen molar-refractivity contribution >= 4 is 77.7 Å². The van der Waals surface area contributed by atoms with Gasteiger partial charge in [0.15, 0.2) is 11.6 Å². The first-order valence-electron chi connectivity index (χ1n) is 28.3. The van der Waals surface area contributed by atoms with E-state index in [-0.39, 0.29) is 22.7 Å². The van der Waals surface area contributed by atoms with Gasteiger partial charge in [0.25, 0.3) is 0 Å². The standard InChI is InChI=1S/C78H46N4O2S2/c1-43-13-23-51(24-14-43)77(52-25-15-44(2)16-26-52)67-37-64-60-32-22-48-34-56(36-66-70(50(41-81)42-82)58-10-6-8-12-62(58)74(66)84)86-76(48)72(60)78(53-27-17-45(3)18-28-53,54-29-19-46(4)20-30-54)68(64)38-63(67)59-31-21-47-33-55(85-75(47)71(59)77)35-65-69(49(39-79)40-80)57-9-5-7-11-61(57)73(65)83/h5-38H,1-4H3. The molecule has 11 aromatic rings. The van der Waals surface area contributed by atoms with E-state index in [1.807, 2.05) is 48.6 Å². The first-order chi connectivity index (χ1) is 41.9. The van der Waals surface area contributed by atoms with Crippen molar-refractivity contribution in [1.29, 1.82) is 21.0 Å². The number of hydrogen-bond donors (Lipinski definition) is 0. The fraction of sp³-hybridized carbons (Fsp3) is 0.0769.